The molecule has 1 unspecified atom stereocenters. The predicted octanol–water partition coefficient (Wildman–Crippen LogP) is 1.95. The molecule has 0 heterocycles. The number of benzene rings is 1. The molecule has 0 aromatic heterocycles. The number of halogens is 1. The molecule has 1 saturated carbocycles. The van der Waals surface area contributed by atoms with E-state index < -0.39 is 5.54 Å². The molecule has 1 atom stereocenters. The van der Waals surface area contributed by atoms with Crippen molar-refractivity contribution in [3.63, 3.8) is 0 Å². The van der Waals surface area contributed by atoms with Gasteiger partial charge in [0.1, 0.15) is 11.4 Å². The van der Waals surface area contributed by atoms with Crippen molar-refractivity contribution in [1.29, 1.82) is 0 Å². The minimum Gasteiger partial charge on any atom is -0.468 e. The second-order valence-electron chi connectivity index (χ2n) is 5.58. The van der Waals surface area contributed by atoms with Crippen LogP contribution in [0.2, 0.25) is 0 Å². The fourth-order valence-electron chi connectivity index (χ4n) is 2.35. The maximum atomic E-state index is 13.3. The summed E-state index contributed by atoms with van der Waals surface area (Å²) >= 11 is 0. The lowest BCUT2D eigenvalue weighted by Crippen LogP contribution is -2.57. The number of methoxy groups -OCH3 is 1. The molecule has 20 heavy (non-hydrogen) atoms. The van der Waals surface area contributed by atoms with Crippen molar-refractivity contribution in [3.8, 4) is 0 Å². The monoisotopic (exact) mass is 280 g/mol. The maximum Gasteiger partial charge on any atom is 0.327 e. The van der Waals surface area contributed by atoms with E-state index in [0.29, 0.717) is 12.6 Å². The highest BCUT2D eigenvalue weighted by Gasteiger charge is 2.40. The predicted molar refractivity (Wildman–Crippen MR) is 76.2 cm³/mol. The van der Waals surface area contributed by atoms with Gasteiger partial charge in [0.25, 0.3) is 0 Å². The number of carbonyl (C=O) groups excluding carboxylic acids is 1. The molecule has 1 aromatic rings. The van der Waals surface area contributed by atoms with Crippen molar-refractivity contribution in [2.75, 3.05) is 25.6 Å². The Morgan fingerprint density at radius 3 is 2.80 bits per heavy atom. The van der Waals surface area contributed by atoms with Crippen molar-refractivity contribution in [2.24, 2.45) is 0 Å². The molecule has 0 bridgehead atoms. The normalized spacial score (nSPS) is 17.4. The number of nitrogens with one attached hydrogen (secondary N) is 1. The number of ether oxygens (including phenoxy) is 1. The van der Waals surface area contributed by atoms with Crippen LogP contribution in [0.3, 0.4) is 0 Å². The molecule has 0 radical (unpaired) electrons. The maximum absolute atomic E-state index is 13.3. The Morgan fingerprint density at radius 1 is 1.55 bits per heavy atom. The van der Waals surface area contributed by atoms with Crippen LogP contribution in [0.1, 0.15) is 19.8 Å². The fraction of sp³-hybridized carbons (Fsp3) is 0.533. The third-order valence-corrected chi connectivity index (χ3v) is 3.54. The van der Waals surface area contributed by atoms with Gasteiger partial charge in [0, 0.05) is 25.3 Å². The lowest BCUT2D eigenvalue weighted by molar-refractivity contribution is -0.147. The molecule has 1 aromatic carbocycles. The fourth-order valence-corrected chi connectivity index (χ4v) is 2.35. The highest BCUT2D eigenvalue weighted by atomic mass is 19.1. The number of carbonyl (C=O) groups is 1. The average Bonchev–Trinajstić information content (AvgIpc) is 3.21. The highest BCUT2D eigenvalue weighted by molar-refractivity contribution is 5.81. The second-order valence-corrected chi connectivity index (χ2v) is 5.58. The second kappa shape index (κ2) is 5.79. The third kappa shape index (κ3) is 3.48. The van der Waals surface area contributed by atoms with Crippen LogP contribution in [0, 0.1) is 5.82 Å². The molecule has 0 amide bonds. The van der Waals surface area contributed by atoms with Gasteiger partial charge in [-0.2, -0.15) is 0 Å². The van der Waals surface area contributed by atoms with Crippen LogP contribution in [0.25, 0.3) is 0 Å². The number of anilines is 1. The largest absolute Gasteiger partial charge is 0.468 e. The molecular formula is C15H21FN2O2. The van der Waals surface area contributed by atoms with Crippen LogP contribution in [-0.4, -0.2) is 38.3 Å². The van der Waals surface area contributed by atoms with Gasteiger partial charge in [-0.05, 0) is 38.0 Å². The number of nitrogens with zero attached hydrogens (tertiary/aromatic N) is 1. The van der Waals surface area contributed by atoms with Crippen LogP contribution < -0.4 is 10.2 Å². The summed E-state index contributed by atoms with van der Waals surface area (Å²) in [5.41, 5.74) is -0.0607. The van der Waals surface area contributed by atoms with Crippen molar-refractivity contribution in [1.82, 2.24) is 5.32 Å². The third-order valence-electron chi connectivity index (χ3n) is 3.54. The van der Waals surface area contributed by atoms with Gasteiger partial charge in [0.2, 0.25) is 0 Å². The molecule has 0 aliphatic heterocycles. The molecule has 1 aliphatic carbocycles. The van der Waals surface area contributed by atoms with Crippen molar-refractivity contribution in [2.45, 2.75) is 31.3 Å². The van der Waals surface area contributed by atoms with E-state index in [1.165, 1.54) is 19.2 Å². The van der Waals surface area contributed by atoms with Gasteiger partial charge in [-0.1, -0.05) is 6.07 Å². The first-order valence-electron chi connectivity index (χ1n) is 6.77. The van der Waals surface area contributed by atoms with E-state index in [-0.39, 0.29) is 11.8 Å². The van der Waals surface area contributed by atoms with Gasteiger partial charge in [-0.15, -0.1) is 0 Å². The van der Waals surface area contributed by atoms with Crippen LogP contribution in [0.15, 0.2) is 24.3 Å². The zero-order valence-electron chi connectivity index (χ0n) is 12.1. The van der Waals surface area contributed by atoms with Crippen LogP contribution >= 0.6 is 0 Å². The smallest absolute Gasteiger partial charge is 0.327 e. The highest BCUT2D eigenvalue weighted by Crippen LogP contribution is 2.25. The molecule has 1 fully saturated rings. The molecule has 0 spiro atoms. The summed E-state index contributed by atoms with van der Waals surface area (Å²) in [5, 5.41) is 3.32. The Labute approximate surface area is 118 Å². The van der Waals surface area contributed by atoms with Crippen LogP contribution in [0.5, 0.6) is 0 Å². The quantitative estimate of drug-likeness (QED) is 0.809. The zero-order valence-corrected chi connectivity index (χ0v) is 12.1. The van der Waals surface area contributed by atoms with E-state index in [1.807, 2.05) is 24.9 Å². The van der Waals surface area contributed by atoms with Gasteiger partial charge in [-0.25, -0.2) is 9.18 Å². The summed E-state index contributed by atoms with van der Waals surface area (Å²) in [6, 6.07) is 6.71. The minimum absolute atomic E-state index is 0.288. The van der Waals surface area contributed by atoms with Gasteiger partial charge >= 0.3 is 5.97 Å². The Kier molecular flexibility index (Phi) is 4.28. The van der Waals surface area contributed by atoms with E-state index >= 15 is 0 Å². The molecule has 5 heteroatoms. The van der Waals surface area contributed by atoms with Crippen molar-refractivity contribution < 1.29 is 13.9 Å². The molecule has 1 aliphatic rings. The summed E-state index contributed by atoms with van der Waals surface area (Å²) in [6.45, 7) is 2.24. The number of hydrogen-bond donors (Lipinski definition) is 1. The van der Waals surface area contributed by atoms with Crippen molar-refractivity contribution >= 4 is 11.7 Å². The van der Waals surface area contributed by atoms with Gasteiger partial charge < -0.3 is 9.64 Å². The first-order valence-corrected chi connectivity index (χ1v) is 6.77. The van der Waals surface area contributed by atoms with E-state index in [2.05, 4.69) is 5.32 Å². The summed E-state index contributed by atoms with van der Waals surface area (Å²) in [5.74, 6) is -0.586. The molecule has 4 nitrogen and oxygen atoms in total. The summed E-state index contributed by atoms with van der Waals surface area (Å²) < 4.78 is 18.2. The van der Waals surface area contributed by atoms with Gasteiger partial charge in [0.05, 0.1) is 7.11 Å². The zero-order chi connectivity index (χ0) is 14.8. The van der Waals surface area contributed by atoms with Gasteiger partial charge in [0.15, 0.2) is 0 Å². The van der Waals surface area contributed by atoms with Crippen LogP contribution in [-0.2, 0) is 9.53 Å². The molecule has 110 valence electrons. The Hall–Kier alpha value is -1.62. The van der Waals surface area contributed by atoms with Crippen molar-refractivity contribution in [3.05, 3.63) is 30.1 Å². The summed E-state index contributed by atoms with van der Waals surface area (Å²) in [4.78, 5) is 13.9. The lowest BCUT2D eigenvalue weighted by Gasteiger charge is -2.33. The van der Waals surface area contributed by atoms with E-state index in [4.69, 9.17) is 4.74 Å². The first kappa shape index (κ1) is 14.8. The number of rotatable bonds is 6. The molecular weight excluding hydrogens is 259 g/mol. The van der Waals surface area contributed by atoms with E-state index in [9.17, 15) is 9.18 Å². The lowest BCUT2D eigenvalue weighted by atomic mass is 10.0. The molecule has 0 saturated heterocycles. The Balaban J connectivity index is 2.12. The minimum atomic E-state index is -0.795. The molecule has 1 N–H and O–H groups in total. The van der Waals surface area contributed by atoms with Gasteiger partial charge in [-0.3, -0.25) is 5.32 Å². The molecule has 2 rings (SSSR count). The average molecular weight is 280 g/mol. The Morgan fingerprint density at radius 2 is 2.25 bits per heavy atom. The van der Waals surface area contributed by atoms with Crippen LogP contribution in [0.4, 0.5) is 10.1 Å². The number of esters is 1. The topological polar surface area (TPSA) is 41.6 Å². The number of likely N-dealkylation sites (N-methyl/N-ethyl adjacent to an activating group) is 1. The number of hydrogen-bond acceptors (Lipinski definition) is 4. The SMILES string of the molecule is COC(=O)C(C)(CN(C)c1cccc(F)c1)NC1CC1. The first-order chi connectivity index (χ1) is 9.44. The summed E-state index contributed by atoms with van der Waals surface area (Å²) in [7, 11) is 3.22. The van der Waals surface area contributed by atoms with E-state index in [1.54, 1.807) is 6.07 Å². The Bertz CT molecular complexity index is 491. The summed E-state index contributed by atoms with van der Waals surface area (Å²) in [6.07, 6.45) is 2.16. The standard InChI is InChI=1S/C15H21FN2O2/c1-15(14(19)20-3,17-12-7-8-12)10-18(2)13-6-4-5-11(16)9-13/h4-6,9,12,17H,7-8,10H2,1-3H3. The van der Waals surface area contributed by atoms with E-state index in [0.717, 1.165) is 18.5 Å².